The van der Waals surface area contributed by atoms with Gasteiger partial charge in [0.15, 0.2) is 0 Å². The molecule has 0 fully saturated rings. The van der Waals surface area contributed by atoms with Crippen LogP contribution in [0.4, 0.5) is 17.6 Å². The lowest BCUT2D eigenvalue weighted by atomic mass is 9.82. The maximum Gasteiger partial charge on any atom is 0.326 e. The van der Waals surface area contributed by atoms with Gasteiger partial charge in [0.05, 0.1) is 24.9 Å². The van der Waals surface area contributed by atoms with Crippen LogP contribution in [0, 0.1) is 34.1 Å². The molecule has 790 valence electrons. The summed E-state index contributed by atoms with van der Waals surface area (Å²) in [6.45, 7) is 6.32. The van der Waals surface area contributed by atoms with Crippen molar-refractivity contribution < 1.29 is 139 Å². The molecule has 0 spiro atoms. The van der Waals surface area contributed by atoms with E-state index in [1.165, 1.54) is 15.9 Å². The first-order chi connectivity index (χ1) is 68.5. The van der Waals surface area contributed by atoms with Crippen molar-refractivity contribution >= 4 is 112 Å². The van der Waals surface area contributed by atoms with Gasteiger partial charge in [-0.3, -0.25) is 81.5 Å². The van der Waals surface area contributed by atoms with Crippen molar-refractivity contribution in [1.29, 1.82) is 0 Å². The van der Waals surface area contributed by atoms with Crippen molar-refractivity contribution in [2.75, 3.05) is 59.0 Å². The van der Waals surface area contributed by atoms with Gasteiger partial charge >= 0.3 is 23.9 Å². The standard InChI is InChI=1S/C98H130F4N18O25/c1-97(2,3)88(74-45-59(63-47-61(99)26-28-65(63)101)53-117(74)51-57-17-9-7-10-18-57)119(84(131)55-121)43-36-68(91(138)107-40-34-82(129)111-70(95(142)143)30-32-86(133)134)115-93(140)72(49-76(104)123)113-80(127)23-15-22-78(125)106-39-14-13-21-67(90(137)109-42-38-103)110-79(126)24-16-25-81(128)114-73(50-77(105)124)94(141)116-69(92(139)108-41-35-83(130)112-71(96(144)145)31-33-87(135)136)37-44-120(85(132)56-122)89(98(4,5)6)75-46-60(64-48-62(100)27-29-66(64)102)54-118(75)52-58-19-11-8-12-20-58/h7-12,17-20,26-29,45-48,53-54,67-73,88-89,121-122H,13-16,21-25,30-44,49-52,55-56,103H2,1-6H3,(H2,104,123)(H2,105,124)(H,106,125)(H,107,138)(H,108,139)(H,109,137)(H,110,126)(H,111,129)(H,112,130)(H,113,127)(H,114,128)(H,115,140)(H,116,141)(H,133,134)(H,135,136)(H,142,143)(H,144,145)/t67-,68-,69-,70+,71+,72-,73-,88-,89-/m0/s1. The van der Waals surface area contributed by atoms with Crippen LogP contribution in [-0.2, 0) is 104 Å². The highest BCUT2D eigenvalue weighted by molar-refractivity contribution is 5.97. The Kier molecular flexibility index (Phi) is 47.9. The number of aromatic nitrogens is 2. The van der Waals surface area contributed by atoms with Gasteiger partial charge in [-0.15, -0.1) is 0 Å². The van der Waals surface area contributed by atoms with E-state index in [0.717, 1.165) is 47.5 Å². The fraction of sp³-hybridized carbons (Fsp3) is 0.480. The average Bonchev–Trinajstić information content (AvgIpc) is 1.63. The van der Waals surface area contributed by atoms with Gasteiger partial charge in [-0.2, -0.15) is 0 Å². The minimum atomic E-state index is -1.85. The molecule has 23 N–H and O–H groups in total. The van der Waals surface area contributed by atoms with Gasteiger partial charge in [-0.25, -0.2) is 27.2 Å². The van der Waals surface area contributed by atoms with E-state index in [0.29, 0.717) is 11.4 Å². The zero-order valence-corrected chi connectivity index (χ0v) is 81.4. The van der Waals surface area contributed by atoms with E-state index in [1.807, 2.05) is 0 Å². The number of nitrogens with two attached hydrogens (primary N) is 3. The number of nitrogens with one attached hydrogen (secondary N) is 11. The number of hydrogen-bond acceptors (Lipinski definition) is 22. The van der Waals surface area contributed by atoms with Crippen molar-refractivity contribution in [3.05, 3.63) is 167 Å². The maximum atomic E-state index is 15.6. The number of hydrogen-bond donors (Lipinski definition) is 20. The Labute approximate surface area is 833 Å². The predicted molar refractivity (Wildman–Crippen MR) is 514 cm³/mol. The Morgan fingerprint density at radius 2 is 0.710 bits per heavy atom. The molecule has 43 nitrogen and oxygen atoms in total. The van der Waals surface area contributed by atoms with Gasteiger partial charge in [0, 0.05) is 156 Å². The van der Waals surface area contributed by atoms with Gasteiger partial charge in [-0.05, 0) is 128 Å². The van der Waals surface area contributed by atoms with E-state index < -0.39 is 324 Å². The maximum absolute atomic E-state index is 15.6. The quantitative estimate of drug-likeness (QED) is 0.0192. The number of benzene rings is 4. The van der Waals surface area contributed by atoms with E-state index in [9.17, 15) is 120 Å². The molecule has 0 aliphatic rings. The van der Waals surface area contributed by atoms with Crippen LogP contribution in [0.5, 0.6) is 0 Å². The van der Waals surface area contributed by atoms with Gasteiger partial charge in [0.2, 0.25) is 88.6 Å². The molecule has 4 aromatic carbocycles. The summed E-state index contributed by atoms with van der Waals surface area (Å²) in [4.78, 5) is 254. The summed E-state index contributed by atoms with van der Waals surface area (Å²) in [7, 11) is 0. The summed E-state index contributed by atoms with van der Waals surface area (Å²) in [5, 5.41) is 85.6. The number of carboxylic acid groups (broad SMARTS) is 4. The van der Waals surface area contributed by atoms with Gasteiger partial charge in [0.1, 0.15) is 78.8 Å². The Hall–Kier alpha value is -15.0. The van der Waals surface area contributed by atoms with Crippen LogP contribution >= 0.6 is 0 Å². The van der Waals surface area contributed by atoms with Crippen molar-refractivity contribution in [3.8, 4) is 22.3 Å². The summed E-state index contributed by atoms with van der Waals surface area (Å²) < 4.78 is 64.2. The number of amides is 15. The van der Waals surface area contributed by atoms with E-state index in [4.69, 9.17) is 27.4 Å². The van der Waals surface area contributed by atoms with Crippen molar-refractivity contribution in [2.24, 2.45) is 28.0 Å². The average molecular weight is 2040 g/mol. The molecule has 0 saturated carbocycles. The molecule has 0 aliphatic carbocycles. The fourth-order valence-electron chi connectivity index (χ4n) is 16.1. The summed E-state index contributed by atoms with van der Waals surface area (Å²) in [6.07, 6.45) is -4.94. The van der Waals surface area contributed by atoms with E-state index >= 15 is 8.78 Å². The number of aliphatic carboxylic acids is 4. The number of carbonyl (C=O) groups excluding carboxylic acids is 15. The second-order valence-corrected chi connectivity index (χ2v) is 36.7. The molecule has 6 aromatic rings. The highest BCUT2D eigenvalue weighted by atomic mass is 19.1. The smallest absolute Gasteiger partial charge is 0.326 e. The minimum Gasteiger partial charge on any atom is -0.481 e. The highest BCUT2D eigenvalue weighted by Crippen LogP contribution is 2.44. The van der Waals surface area contributed by atoms with Crippen LogP contribution < -0.4 is 75.7 Å². The molecule has 145 heavy (non-hydrogen) atoms. The number of carbonyl (C=O) groups is 19. The molecular formula is C98H130F4N18O25. The summed E-state index contributed by atoms with van der Waals surface area (Å²) in [5.41, 5.74) is 17.1. The van der Waals surface area contributed by atoms with Crippen molar-refractivity contribution in [2.45, 2.75) is 231 Å². The van der Waals surface area contributed by atoms with E-state index in [1.54, 1.807) is 130 Å². The molecule has 0 bridgehead atoms. The second-order valence-electron chi connectivity index (χ2n) is 36.7. The molecule has 0 unspecified atom stereocenters. The lowest BCUT2D eigenvalue weighted by molar-refractivity contribution is -0.144. The molecule has 0 aliphatic heterocycles. The number of rotatable bonds is 63. The Balaban J connectivity index is 1.10. The predicted octanol–water partition coefficient (Wildman–Crippen LogP) is 2.33. The molecule has 15 amide bonds. The van der Waals surface area contributed by atoms with Gasteiger partial charge in [-0.1, -0.05) is 102 Å². The minimum absolute atomic E-state index is 0.00181. The van der Waals surface area contributed by atoms with Crippen LogP contribution in [0.3, 0.4) is 0 Å². The first-order valence-electron chi connectivity index (χ1n) is 47.0. The van der Waals surface area contributed by atoms with E-state index in [2.05, 4.69) is 58.5 Å². The number of halogens is 4. The number of nitrogens with zero attached hydrogens (tertiary/aromatic N) is 4. The molecule has 9 atom stereocenters. The molecule has 0 radical (unpaired) electrons. The van der Waals surface area contributed by atoms with Crippen LogP contribution in [0.15, 0.2) is 122 Å². The molecule has 2 aromatic heterocycles. The third-order valence-corrected chi connectivity index (χ3v) is 23.0. The third-order valence-electron chi connectivity index (χ3n) is 23.0. The Morgan fingerprint density at radius 3 is 1.06 bits per heavy atom. The van der Waals surface area contributed by atoms with E-state index in [-0.39, 0.29) is 93.5 Å². The Bertz CT molecular complexity index is 5520. The summed E-state index contributed by atoms with van der Waals surface area (Å²) in [5.74, 6) is -23.2. The molecule has 0 saturated heterocycles. The first kappa shape index (κ1) is 119. The molecule has 6 rings (SSSR count). The van der Waals surface area contributed by atoms with Crippen LogP contribution in [0.25, 0.3) is 22.3 Å². The van der Waals surface area contributed by atoms with Crippen LogP contribution in [0.2, 0.25) is 0 Å². The Morgan fingerprint density at radius 1 is 0.366 bits per heavy atom. The zero-order valence-electron chi connectivity index (χ0n) is 81.4. The SMILES string of the molecule is CC(C)(C)[C@H](c1cc(-c2cc(F)ccc2F)cn1Cc1ccccc1)N(CC[C@H](NC(=O)[C@H](CC(N)=O)NC(=O)CCCC(=O)NCCCC[C@H](NC(=O)CCCC(=O)N[C@@H](CC(N)=O)C(=O)N[C@@H](CCN(C(=O)CO)[C@@H](c1cc(-c2cc(F)ccc2F)cn1Cc1ccccc1)C(C)(C)C)C(=O)NCCC(=O)N[C@H](CCC(=O)O)C(=O)O)C(=O)NCCN)C(=O)NCCC(=O)N[C@H](CCC(=O)O)C(=O)O)C(=O)CO. The lowest BCUT2D eigenvalue weighted by Crippen LogP contribution is -2.56. The van der Waals surface area contributed by atoms with Crippen molar-refractivity contribution in [3.63, 3.8) is 0 Å². The van der Waals surface area contributed by atoms with Gasteiger partial charge < -0.3 is 125 Å². The summed E-state index contributed by atoms with van der Waals surface area (Å²) in [6, 6.07) is 12.8. The van der Waals surface area contributed by atoms with Gasteiger partial charge in [0.25, 0.3) is 0 Å². The fourth-order valence-corrected chi connectivity index (χ4v) is 16.1. The number of primary amides is 2. The molecule has 2 heterocycles. The normalized spacial score (nSPS) is 13.2. The highest BCUT2D eigenvalue weighted by Gasteiger charge is 2.42. The number of carboxylic acids is 4. The zero-order chi connectivity index (χ0) is 108. The first-order valence-corrected chi connectivity index (χ1v) is 47.0. The van der Waals surface area contributed by atoms with Crippen LogP contribution in [0.1, 0.15) is 198 Å². The number of unbranched alkanes of at least 4 members (excludes halogenated alkanes) is 1. The largest absolute Gasteiger partial charge is 0.481 e. The van der Waals surface area contributed by atoms with Crippen molar-refractivity contribution in [1.82, 2.24) is 77.4 Å². The third kappa shape index (κ3) is 40.4. The lowest BCUT2D eigenvalue weighted by Gasteiger charge is -2.41. The summed E-state index contributed by atoms with van der Waals surface area (Å²) >= 11 is 0. The molecular weight excluding hydrogens is 1910 g/mol. The topological polar surface area (TPSA) is 672 Å². The monoisotopic (exact) mass is 2030 g/mol. The molecule has 47 heteroatoms. The number of aliphatic hydroxyl groups is 2. The number of aliphatic hydroxyl groups excluding tert-OH is 2. The second kappa shape index (κ2) is 58.5. The van der Waals surface area contributed by atoms with Crippen LogP contribution in [-0.4, -0.2) is 263 Å².